The van der Waals surface area contributed by atoms with Gasteiger partial charge in [-0.15, -0.1) is 0 Å². The molecule has 0 bridgehead atoms. The zero-order valence-electron chi connectivity index (χ0n) is 12.1. The van der Waals surface area contributed by atoms with Crippen molar-refractivity contribution in [1.82, 2.24) is 4.90 Å². The molecule has 0 spiro atoms. The molecule has 0 aliphatic carbocycles. The number of para-hydroxylation sites is 2. The number of rotatable bonds is 7. The predicted molar refractivity (Wildman–Crippen MR) is 78.1 cm³/mol. The van der Waals surface area contributed by atoms with Crippen LogP contribution in [0.2, 0.25) is 0 Å². The fraction of sp³-hybridized carbons (Fsp3) is 0.533. The lowest BCUT2D eigenvalue weighted by Crippen LogP contribution is -2.37. The van der Waals surface area contributed by atoms with Crippen LogP contribution in [0.1, 0.15) is 27.2 Å². The topological polar surface area (TPSA) is 55.6 Å². The molecule has 4 nitrogen and oxygen atoms in total. The van der Waals surface area contributed by atoms with Crippen LogP contribution in [0.5, 0.6) is 5.75 Å². The Labute approximate surface area is 115 Å². The maximum atomic E-state index is 12.1. The van der Waals surface area contributed by atoms with Gasteiger partial charge in [-0.25, -0.2) is 0 Å². The minimum absolute atomic E-state index is 0.00560. The van der Waals surface area contributed by atoms with Gasteiger partial charge in [-0.05, 0) is 25.0 Å². The summed E-state index contributed by atoms with van der Waals surface area (Å²) in [7, 11) is 0. The van der Waals surface area contributed by atoms with Crippen LogP contribution < -0.4 is 10.5 Å². The van der Waals surface area contributed by atoms with Crippen molar-refractivity contribution < 1.29 is 9.53 Å². The van der Waals surface area contributed by atoms with E-state index in [1.165, 1.54) is 0 Å². The molecule has 19 heavy (non-hydrogen) atoms. The fourth-order valence-corrected chi connectivity index (χ4v) is 1.76. The maximum Gasteiger partial charge on any atom is 0.260 e. The Bertz CT molecular complexity index is 407. The third-order valence-electron chi connectivity index (χ3n) is 3.23. The lowest BCUT2D eigenvalue weighted by Gasteiger charge is -2.24. The number of nitrogens with two attached hydrogens (primary N) is 1. The molecule has 2 N–H and O–H groups in total. The summed E-state index contributed by atoms with van der Waals surface area (Å²) in [4.78, 5) is 13.9. The Morgan fingerprint density at radius 1 is 1.37 bits per heavy atom. The van der Waals surface area contributed by atoms with E-state index in [9.17, 15) is 4.79 Å². The highest BCUT2D eigenvalue weighted by Gasteiger charge is 2.15. The minimum Gasteiger partial charge on any atom is -0.482 e. The molecule has 0 fully saturated rings. The van der Waals surface area contributed by atoms with Crippen LogP contribution in [0.15, 0.2) is 24.3 Å². The molecule has 106 valence electrons. The molecule has 1 aromatic carbocycles. The van der Waals surface area contributed by atoms with Crippen LogP contribution in [0.4, 0.5) is 5.69 Å². The van der Waals surface area contributed by atoms with Gasteiger partial charge in [-0.3, -0.25) is 4.79 Å². The van der Waals surface area contributed by atoms with Crippen LogP contribution in [0.25, 0.3) is 0 Å². The second-order valence-electron chi connectivity index (χ2n) is 4.77. The van der Waals surface area contributed by atoms with Crippen molar-refractivity contribution in [3.05, 3.63) is 24.3 Å². The SMILES string of the molecule is CCC(C)CN(CC)C(=O)COc1ccccc1N. The van der Waals surface area contributed by atoms with Crippen molar-refractivity contribution in [3.8, 4) is 5.75 Å². The number of benzene rings is 1. The van der Waals surface area contributed by atoms with Gasteiger partial charge in [0, 0.05) is 13.1 Å². The molecule has 0 radical (unpaired) electrons. The lowest BCUT2D eigenvalue weighted by molar-refractivity contribution is -0.133. The highest BCUT2D eigenvalue weighted by molar-refractivity contribution is 5.78. The monoisotopic (exact) mass is 264 g/mol. The predicted octanol–water partition coefficient (Wildman–Crippen LogP) is 2.54. The number of hydrogen-bond acceptors (Lipinski definition) is 3. The average molecular weight is 264 g/mol. The average Bonchev–Trinajstić information content (AvgIpc) is 2.43. The van der Waals surface area contributed by atoms with E-state index in [0.717, 1.165) is 13.0 Å². The van der Waals surface area contributed by atoms with Crippen molar-refractivity contribution in [2.24, 2.45) is 5.92 Å². The second-order valence-corrected chi connectivity index (χ2v) is 4.77. The van der Waals surface area contributed by atoms with E-state index in [-0.39, 0.29) is 12.5 Å². The van der Waals surface area contributed by atoms with Crippen LogP contribution in [-0.2, 0) is 4.79 Å². The Balaban J connectivity index is 2.51. The Kier molecular flexibility index (Phi) is 6.19. The zero-order valence-corrected chi connectivity index (χ0v) is 12.1. The van der Waals surface area contributed by atoms with Gasteiger partial charge in [0.25, 0.3) is 5.91 Å². The number of amides is 1. The maximum absolute atomic E-state index is 12.1. The standard InChI is InChI=1S/C15H24N2O2/c1-4-12(3)10-17(5-2)15(18)11-19-14-9-7-6-8-13(14)16/h6-9,12H,4-5,10-11,16H2,1-3H3. The molecule has 1 amide bonds. The molecule has 1 aromatic rings. The molecule has 1 unspecified atom stereocenters. The highest BCUT2D eigenvalue weighted by atomic mass is 16.5. The number of likely N-dealkylation sites (N-methyl/N-ethyl adjacent to an activating group) is 1. The van der Waals surface area contributed by atoms with Crippen molar-refractivity contribution in [2.45, 2.75) is 27.2 Å². The van der Waals surface area contributed by atoms with E-state index in [1.54, 1.807) is 12.1 Å². The molecule has 1 rings (SSSR count). The van der Waals surface area contributed by atoms with Gasteiger partial charge in [0.15, 0.2) is 6.61 Å². The van der Waals surface area contributed by atoms with Gasteiger partial charge in [0.1, 0.15) is 5.75 Å². The molecule has 4 heteroatoms. The van der Waals surface area contributed by atoms with Crippen molar-refractivity contribution in [2.75, 3.05) is 25.4 Å². The zero-order chi connectivity index (χ0) is 14.3. The van der Waals surface area contributed by atoms with Gasteiger partial charge in [-0.2, -0.15) is 0 Å². The molecule has 0 heterocycles. The van der Waals surface area contributed by atoms with Gasteiger partial charge in [0.05, 0.1) is 5.69 Å². The number of nitrogen functional groups attached to an aromatic ring is 1. The highest BCUT2D eigenvalue weighted by Crippen LogP contribution is 2.19. The van der Waals surface area contributed by atoms with Crippen LogP contribution in [0.3, 0.4) is 0 Å². The number of ether oxygens (including phenoxy) is 1. The number of carbonyl (C=O) groups excluding carboxylic acids is 1. The van der Waals surface area contributed by atoms with E-state index in [4.69, 9.17) is 10.5 Å². The molecular formula is C15H24N2O2. The first kappa shape index (κ1) is 15.3. The first-order valence-corrected chi connectivity index (χ1v) is 6.83. The van der Waals surface area contributed by atoms with Gasteiger partial charge >= 0.3 is 0 Å². The van der Waals surface area contributed by atoms with E-state index in [2.05, 4.69) is 13.8 Å². The van der Waals surface area contributed by atoms with Crippen molar-refractivity contribution in [1.29, 1.82) is 0 Å². The Hall–Kier alpha value is -1.71. The summed E-state index contributed by atoms with van der Waals surface area (Å²) in [5.74, 6) is 1.08. The Morgan fingerprint density at radius 3 is 2.63 bits per heavy atom. The first-order valence-electron chi connectivity index (χ1n) is 6.83. The largest absolute Gasteiger partial charge is 0.482 e. The molecule has 0 aliphatic rings. The van der Waals surface area contributed by atoms with E-state index >= 15 is 0 Å². The summed E-state index contributed by atoms with van der Waals surface area (Å²) in [6.07, 6.45) is 1.07. The lowest BCUT2D eigenvalue weighted by atomic mass is 10.1. The fourth-order valence-electron chi connectivity index (χ4n) is 1.76. The summed E-state index contributed by atoms with van der Waals surface area (Å²) in [5.41, 5.74) is 6.32. The van der Waals surface area contributed by atoms with E-state index < -0.39 is 0 Å². The quantitative estimate of drug-likeness (QED) is 0.770. The summed E-state index contributed by atoms with van der Waals surface area (Å²) in [6.45, 7) is 7.78. The normalized spacial score (nSPS) is 11.9. The molecule has 1 atom stereocenters. The molecule has 0 saturated carbocycles. The van der Waals surface area contributed by atoms with Crippen LogP contribution in [0, 0.1) is 5.92 Å². The smallest absolute Gasteiger partial charge is 0.260 e. The van der Waals surface area contributed by atoms with Crippen LogP contribution >= 0.6 is 0 Å². The number of anilines is 1. The third kappa shape index (κ3) is 4.81. The van der Waals surface area contributed by atoms with Crippen LogP contribution in [-0.4, -0.2) is 30.5 Å². The summed E-state index contributed by atoms with van der Waals surface area (Å²) < 4.78 is 5.48. The first-order chi connectivity index (χ1) is 9.08. The number of hydrogen-bond donors (Lipinski definition) is 1. The summed E-state index contributed by atoms with van der Waals surface area (Å²) >= 11 is 0. The van der Waals surface area contributed by atoms with Gasteiger partial charge in [-0.1, -0.05) is 32.4 Å². The van der Waals surface area contributed by atoms with Gasteiger partial charge in [0.2, 0.25) is 0 Å². The molecule has 0 aliphatic heterocycles. The third-order valence-corrected chi connectivity index (χ3v) is 3.23. The second kappa shape index (κ2) is 7.67. The molecular weight excluding hydrogens is 240 g/mol. The number of nitrogens with zero attached hydrogens (tertiary/aromatic N) is 1. The van der Waals surface area contributed by atoms with Crippen molar-refractivity contribution >= 4 is 11.6 Å². The van der Waals surface area contributed by atoms with E-state index in [1.807, 2.05) is 24.0 Å². The molecule has 0 saturated heterocycles. The van der Waals surface area contributed by atoms with E-state index in [0.29, 0.717) is 23.9 Å². The summed E-state index contributed by atoms with van der Waals surface area (Å²) in [5, 5.41) is 0. The minimum atomic E-state index is 0.00560. The summed E-state index contributed by atoms with van der Waals surface area (Å²) in [6, 6.07) is 7.21. The number of carbonyl (C=O) groups is 1. The van der Waals surface area contributed by atoms with Crippen molar-refractivity contribution in [3.63, 3.8) is 0 Å². The van der Waals surface area contributed by atoms with Gasteiger partial charge < -0.3 is 15.4 Å². The molecule has 0 aromatic heterocycles. The Morgan fingerprint density at radius 2 is 2.05 bits per heavy atom.